The van der Waals surface area contributed by atoms with E-state index in [1.807, 2.05) is 24.3 Å². The first-order valence-corrected chi connectivity index (χ1v) is 8.36. The van der Waals surface area contributed by atoms with E-state index in [9.17, 15) is 4.79 Å². The Kier molecular flexibility index (Phi) is 6.60. The molecule has 0 aliphatic carbocycles. The van der Waals surface area contributed by atoms with Crippen molar-refractivity contribution in [3.8, 4) is 17.2 Å². The molecule has 2 N–H and O–H groups in total. The van der Waals surface area contributed by atoms with Crippen LogP contribution < -0.4 is 24.8 Å². The Bertz CT molecular complexity index is 773. The summed E-state index contributed by atoms with van der Waals surface area (Å²) in [5.41, 5.74) is 1.08. The van der Waals surface area contributed by atoms with Gasteiger partial charge in [-0.3, -0.25) is 10.1 Å². The molecule has 0 aliphatic rings. The summed E-state index contributed by atoms with van der Waals surface area (Å²) in [6.07, 6.45) is 0. The standard InChI is InChI=1S/C17H17BrN2O4S/c1-22-13-7-10(8-14(23-2)15(13)24-3)16(21)20-17(25)19-12-6-4-5-11(18)9-12/h4-9H,1-3H3,(H2,19,20,21,25). The molecule has 132 valence electrons. The van der Waals surface area contributed by atoms with Crippen LogP contribution in [0.4, 0.5) is 5.69 Å². The minimum atomic E-state index is -0.397. The van der Waals surface area contributed by atoms with E-state index in [1.165, 1.54) is 21.3 Å². The molecule has 0 atom stereocenters. The number of methoxy groups -OCH3 is 3. The lowest BCUT2D eigenvalue weighted by molar-refractivity contribution is 0.0977. The van der Waals surface area contributed by atoms with Gasteiger partial charge in [-0.1, -0.05) is 22.0 Å². The molecule has 2 rings (SSSR count). The van der Waals surface area contributed by atoms with Gasteiger partial charge in [0.25, 0.3) is 5.91 Å². The van der Waals surface area contributed by atoms with Crippen molar-refractivity contribution in [1.29, 1.82) is 0 Å². The van der Waals surface area contributed by atoms with E-state index in [0.717, 1.165) is 10.2 Å². The Morgan fingerprint density at radius 1 is 1.04 bits per heavy atom. The molecule has 0 aromatic heterocycles. The molecule has 2 aromatic rings. The molecule has 0 aliphatic heterocycles. The molecule has 6 nitrogen and oxygen atoms in total. The van der Waals surface area contributed by atoms with Crippen LogP contribution in [0.3, 0.4) is 0 Å². The Balaban J connectivity index is 2.16. The zero-order valence-corrected chi connectivity index (χ0v) is 16.3. The van der Waals surface area contributed by atoms with E-state index in [1.54, 1.807) is 12.1 Å². The highest BCUT2D eigenvalue weighted by Gasteiger charge is 2.17. The van der Waals surface area contributed by atoms with Crippen molar-refractivity contribution in [2.45, 2.75) is 0 Å². The minimum absolute atomic E-state index is 0.178. The number of nitrogens with one attached hydrogen (secondary N) is 2. The van der Waals surface area contributed by atoms with Crippen LogP contribution in [0.2, 0.25) is 0 Å². The van der Waals surface area contributed by atoms with Crippen molar-refractivity contribution < 1.29 is 19.0 Å². The van der Waals surface area contributed by atoms with Gasteiger partial charge in [0.05, 0.1) is 21.3 Å². The summed E-state index contributed by atoms with van der Waals surface area (Å²) in [4.78, 5) is 12.4. The molecule has 2 aromatic carbocycles. The zero-order chi connectivity index (χ0) is 18.4. The number of hydrogen-bond donors (Lipinski definition) is 2. The van der Waals surface area contributed by atoms with E-state index in [4.69, 9.17) is 26.4 Å². The highest BCUT2D eigenvalue weighted by molar-refractivity contribution is 9.10. The van der Waals surface area contributed by atoms with Gasteiger partial charge in [-0.2, -0.15) is 0 Å². The van der Waals surface area contributed by atoms with Crippen LogP contribution in [0.5, 0.6) is 17.2 Å². The second kappa shape index (κ2) is 8.68. The molecule has 0 heterocycles. The summed E-state index contributed by atoms with van der Waals surface area (Å²) in [5.74, 6) is 0.791. The van der Waals surface area contributed by atoms with Crippen molar-refractivity contribution in [2.75, 3.05) is 26.6 Å². The number of carbonyl (C=O) groups excluding carboxylic acids is 1. The minimum Gasteiger partial charge on any atom is -0.493 e. The normalized spacial score (nSPS) is 9.92. The quantitative estimate of drug-likeness (QED) is 0.714. The molecule has 0 fully saturated rings. The highest BCUT2D eigenvalue weighted by Crippen LogP contribution is 2.38. The summed E-state index contributed by atoms with van der Waals surface area (Å²) < 4.78 is 16.6. The topological polar surface area (TPSA) is 68.8 Å². The van der Waals surface area contributed by atoms with E-state index in [0.29, 0.717) is 22.8 Å². The molecule has 1 amide bonds. The summed E-state index contributed by atoms with van der Waals surface area (Å²) in [6.45, 7) is 0. The van der Waals surface area contributed by atoms with Crippen LogP contribution in [0.15, 0.2) is 40.9 Å². The Labute approximate surface area is 159 Å². The Morgan fingerprint density at radius 3 is 2.20 bits per heavy atom. The number of carbonyl (C=O) groups is 1. The third-order valence-corrected chi connectivity index (χ3v) is 3.93. The summed E-state index contributed by atoms with van der Waals surface area (Å²) >= 11 is 8.56. The lowest BCUT2D eigenvalue weighted by Gasteiger charge is -2.14. The summed E-state index contributed by atoms with van der Waals surface area (Å²) in [6, 6.07) is 10.5. The molecule has 0 radical (unpaired) electrons. The number of hydrogen-bond acceptors (Lipinski definition) is 5. The third kappa shape index (κ3) is 4.83. The molecule has 0 unspecified atom stereocenters. The molecular formula is C17H17BrN2O4S. The summed E-state index contributed by atoms with van der Waals surface area (Å²) in [5, 5.41) is 5.74. The first-order chi connectivity index (χ1) is 12.0. The van der Waals surface area contributed by atoms with Gasteiger partial charge in [0.2, 0.25) is 5.75 Å². The predicted octanol–water partition coefficient (Wildman–Crippen LogP) is 3.60. The highest BCUT2D eigenvalue weighted by atomic mass is 79.9. The van der Waals surface area contributed by atoms with Gasteiger partial charge in [0.15, 0.2) is 16.6 Å². The van der Waals surface area contributed by atoms with E-state index in [-0.39, 0.29) is 5.11 Å². The smallest absolute Gasteiger partial charge is 0.257 e. The molecule has 0 spiro atoms. The van der Waals surface area contributed by atoms with Gasteiger partial charge in [-0.25, -0.2) is 0 Å². The molecular weight excluding hydrogens is 408 g/mol. The number of thiocarbonyl (C=S) groups is 1. The maximum atomic E-state index is 12.4. The fourth-order valence-electron chi connectivity index (χ4n) is 2.12. The first-order valence-electron chi connectivity index (χ1n) is 7.16. The average Bonchev–Trinajstić information content (AvgIpc) is 2.60. The Morgan fingerprint density at radius 2 is 1.68 bits per heavy atom. The van der Waals surface area contributed by atoms with Crippen LogP contribution in [0.25, 0.3) is 0 Å². The second-order valence-corrected chi connectivity index (χ2v) is 6.16. The van der Waals surface area contributed by atoms with Gasteiger partial charge in [-0.15, -0.1) is 0 Å². The van der Waals surface area contributed by atoms with Gasteiger partial charge in [0.1, 0.15) is 0 Å². The van der Waals surface area contributed by atoms with Crippen molar-refractivity contribution in [1.82, 2.24) is 5.32 Å². The zero-order valence-electron chi connectivity index (χ0n) is 13.9. The van der Waals surface area contributed by atoms with Crippen molar-refractivity contribution in [3.05, 3.63) is 46.4 Å². The largest absolute Gasteiger partial charge is 0.493 e. The predicted molar refractivity (Wildman–Crippen MR) is 104 cm³/mol. The maximum Gasteiger partial charge on any atom is 0.257 e. The number of ether oxygens (including phenoxy) is 3. The average molecular weight is 425 g/mol. The van der Waals surface area contributed by atoms with Crippen molar-refractivity contribution in [2.24, 2.45) is 0 Å². The number of benzene rings is 2. The maximum absolute atomic E-state index is 12.4. The number of rotatable bonds is 5. The van der Waals surface area contributed by atoms with Gasteiger partial charge in [-0.05, 0) is 42.5 Å². The molecule has 0 bridgehead atoms. The van der Waals surface area contributed by atoms with E-state index in [2.05, 4.69) is 26.6 Å². The fraction of sp³-hybridized carbons (Fsp3) is 0.176. The molecule has 8 heteroatoms. The monoisotopic (exact) mass is 424 g/mol. The van der Waals surface area contributed by atoms with Crippen LogP contribution in [0.1, 0.15) is 10.4 Å². The SMILES string of the molecule is COc1cc(C(=O)NC(=S)Nc2cccc(Br)c2)cc(OC)c1OC. The Hall–Kier alpha value is -2.32. The van der Waals surface area contributed by atoms with E-state index < -0.39 is 5.91 Å². The van der Waals surface area contributed by atoms with Crippen molar-refractivity contribution in [3.63, 3.8) is 0 Å². The number of halogens is 1. The number of anilines is 1. The van der Waals surface area contributed by atoms with Gasteiger partial charge >= 0.3 is 0 Å². The van der Waals surface area contributed by atoms with Gasteiger partial charge < -0.3 is 19.5 Å². The lowest BCUT2D eigenvalue weighted by Crippen LogP contribution is -2.34. The van der Waals surface area contributed by atoms with Gasteiger partial charge in [0, 0.05) is 15.7 Å². The fourth-order valence-corrected chi connectivity index (χ4v) is 2.73. The molecule has 0 saturated carbocycles. The molecule has 25 heavy (non-hydrogen) atoms. The van der Waals surface area contributed by atoms with E-state index >= 15 is 0 Å². The van der Waals surface area contributed by atoms with Crippen LogP contribution in [0, 0.1) is 0 Å². The number of amides is 1. The summed E-state index contributed by atoms with van der Waals surface area (Å²) in [7, 11) is 4.47. The van der Waals surface area contributed by atoms with Crippen LogP contribution in [-0.4, -0.2) is 32.3 Å². The molecule has 0 saturated heterocycles. The third-order valence-electron chi connectivity index (χ3n) is 3.24. The van der Waals surface area contributed by atoms with Crippen molar-refractivity contribution >= 4 is 44.9 Å². The second-order valence-electron chi connectivity index (χ2n) is 4.83. The lowest BCUT2D eigenvalue weighted by atomic mass is 10.1. The van der Waals surface area contributed by atoms with Crippen LogP contribution >= 0.6 is 28.1 Å². The van der Waals surface area contributed by atoms with Crippen LogP contribution in [-0.2, 0) is 0 Å². The first kappa shape index (κ1) is 19.0.